The van der Waals surface area contributed by atoms with Gasteiger partial charge < -0.3 is 9.84 Å². The third kappa shape index (κ3) is 3.34. The van der Waals surface area contributed by atoms with E-state index < -0.39 is 0 Å². The predicted molar refractivity (Wildman–Crippen MR) is 83.9 cm³/mol. The van der Waals surface area contributed by atoms with Gasteiger partial charge in [-0.15, -0.1) is 0 Å². The van der Waals surface area contributed by atoms with Crippen LogP contribution in [0.4, 0.5) is 5.69 Å². The van der Waals surface area contributed by atoms with Crippen molar-refractivity contribution in [2.45, 2.75) is 40.2 Å². The van der Waals surface area contributed by atoms with E-state index in [0.717, 1.165) is 23.4 Å². The fourth-order valence-electron chi connectivity index (χ4n) is 2.46. The number of anilines is 1. The van der Waals surface area contributed by atoms with Crippen LogP contribution in [0.3, 0.4) is 0 Å². The molecule has 2 aromatic rings. The van der Waals surface area contributed by atoms with Crippen LogP contribution in [0.15, 0.2) is 22.7 Å². The van der Waals surface area contributed by atoms with Crippen LogP contribution in [0.25, 0.3) is 0 Å². The first-order valence-electron chi connectivity index (χ1n) is 7.15. The summed E-state index contributed by atoms with van der Waals surface area (Å²) in [5.41, 5.74) is 3.75. The number of nitrogens with one attached hydrogen (secondary N) is 1. The molecule has 114 valence electrons. The smallest absolute Gasteiger partial charge is 0.161 e. The van der Waals surface area contributed by atoms with Crippen LogP contribution < -0.4 is 5.32 Å². The Balaban J connectivity index is 2.22. The molecule has 1 aromatic carbocycles. The predicted octanol–water partition coefficient (Wildman–Crippen LogP) is 3.41. The maximum atomic E-state index is 11.7. The molecule has 22 heavy (non-hydrogen) atoms. The Morgan fingerprint density at radius 3 is 2.73 bits per heavy atom. The average Bonchev–Trinajstić information content (AvgIpc) is 2.78. The van der Waals surface area contributed by atoms with E-state index in [1.165, 1.54) is 6.92 Å². The lowest BCUT2D eigenvalue weighted by molar-refractivity contribution is 0.101. The second kappa shape index (κ2) is 6.44. The van der Waals surface area contributed by atoms with Crippen LogP contribution in [0.2, 0.25) is 0 Å². The normalized spacial score (nSPS) is 11.8. The Bertz CT molecular complexity index is 721. The zero-order chi connectivity index (χ0) is 16.3. The highest BCUT2D eigenvalue weighted by Crippen LogP contribution is 2.21. The average molecular weight is 297 g/mol. The topological polar surface area (TPSA) is 78.9 Å². The van der Waals surface area contributed by atoms with Gasteiger partial charge in [0.05, 0.1) is 17.3 Å². The number of Topliss-reactive ketones (excluding diaryl/α,β-unsaturated/α-hetero) is 1. The molecule has 1 heterocycles. The lowest BCUT2D eigenvalue weighted by atomic mass is 10.0. The standard InChI is InChI=1S/C17H19N3O2/c1-10(7-16-11(2)20-22-13(16)4)19-17-8-14(9-18)5-6-15(17)12(3)21/h5-6,8,10,19H,7H2,1-4H3. The van der Waals surface area contributed by atoms with Crippen molar-refractivity contribution in [2.75, 3.05) is 5.32 Å². The van der Waals surface area contributed by atoms with Gasteiger partial charge in [0.25, 0.3) is 0 Å². The van der Waals surface area contributed by atoms with E-state index in [-0.39, 0.29) is 11.8 Å². The maximum Gasteiger partial charge on any atom is 0.161 e. The van der Waals surface area contributed by atoms with Crippen LogP contribution in [0.1, 0.15) is 46.8 Å². The summed E-state index contributed by atoms with van der Waals surface area (Å²) in [5, 5.41) is 16.3. The van der Waals surface area contributed by atoms with Gasteiger partial charge >= 0.3 is 0 Å². The van der Waals surface area contributed by atoms with E-state index in [9.17, 15) is 4.79 Å². The number of carbonyl (C=O) groups excluding carboxylic acids is 1. The largest absolute Gasteiger partial charge is 0.382 e. The molecule has 1 atom stereocenters. The third-order valence-corrected chi connectivity index (χ3v) is 3.62. The maximum absolute atomic E-state index is 11.7. The summed E-state index contributed by atoms with van der Waals surface area (Å²) in [7, 11) is 0. The molecular weight excluding hydrogens is 278 g/mol. The fraction of sp³-hybridized carbons (Fsp3) is 0.353. The van der Waals surface area contributed by atoms with Crippen molar-refractivity contribution in [1.29, 1.82) is 5.26 Å². The van der Waals surface area contributed by atoms with Gasteiger partial charge in [-0.1, -0.05) is 5.16 Å². The lowest BCUT2D eigenvalue weighted by Gasteiger charge is -2.17. The van der Waals surface area contributed by atoms with Crippen molar-refractivity contribution in [1.82, 2.24) is 5.16 Å². The monoisotopic (exact) mass is 297 g/mol. The second-order valence-electron chi connectivity index (χ2n) is 5.48. The lowest BCUT2D eigenvalue weighted by Crippen LogP contribution is -2.20. The molecule has 0 saturated carbocycles. The van der Waals surface area contributed by atoms with Gasteiger partial charge in [-0.2, -0.15) is 5.26 Å². The number of ketones is 1. The molecule has 0 radical (unpaired) electrons. The number of benzene rings is 1. The molecule has 0 amide bonds. The van der Waals surface area contributed by atoms with Gasteiger partial charge in [-0.25, -0.2) is 0 Å². The highest BCUT2D eigenvalue weighted by Gasteiger charge is 2.15. The number of hydrogen-bond acceptors (Lipinski definition) is 5. The Morgan fingerprint density at radius 1 is 1.45 bits per heavy atom. The molecule has 0 aliphatic carbocycles. The van der Waals surface area contributed by atoms with E-state index in [0.29, 0.717) is 16.8 Å². The number of nitrogens with zero attached hydrogens (tertiary/aromatic N) is 2. The summed E-state index contributed by atoms with van der Waals surface area (Å²) in [6.45, 7) is 7.34. The number of aromatic nitrogens is 1. The van der Waals surface area contributed by atoms with E-state index >= 15 is 0 Å². The van der Waals surface area contributed by atoms with Crippen LogP contribution >= 0.6 is 0 Å². The second-order valence-corrected chi connectivity index (χ2v) is 5.48. The summed E-state index contributed by atoms with van der Waals surface area (Å²) in [5.74, 6) is 0.778. The molecule has 0 aliphatic heterocycles. The number of hydrogen-bond donors (Lipinski definition) is 1. The van der Waals surface area contributed by atoms with Crippen LogP contribution in [0.5, 0.6) is 0 Å². The Hall–Kier alpha value is -2.61. The van der Waals surface area contributed by atoms with Gasteiger partial charge in [0.1, 0.15) is 5.76 Å². The molecule has 1 N–H and O–H groups in total. The van der Waals surface area contributed by atoms with Crippen molar-refractivity contribution < 1.29 is 9.32 Å². The zero-order valence-electron chi connectivity index (χ0n) is 13.2. The third-order valence-electron chi connectivity index (χ3n) is 3.62. The van der Waals surface area contributed by atoms with Crippen molar-refractivity contribution in [2.24, 2.45) is 0 Å². The minimum atomic E-state index is -0.0310. The number of rotatable bonds is 5. The zero-order valence-corrected chi connectivity index (χ0v) is 13.2. The quantitative estimate of drug-likeness (QED) is 0.855. The molecule has 5 heteroatoms. The summed E-state index contributed by atoms with van der Waals surface area (Å²) in [6, 6.07) is 7.22. The van der Waals surface area contributed by atoms with Crippen LogP contribution in [-0.4, -0.2) is 17.0 Å². The molecule has 0 bridgehead atoms. The van der Waals surface area contributed by atoms with Gasteiger partial charge in [0.15, 0.2) is 5.78 Å². The first-order valence-corrected chi connectivity index (χ1v) is 7.15. The Kier molecular flexibility index (Phi) is 4.62. The molecule has 2 rings (SSSR count). The van der Waals surface area contributed by atoms with Gasteiger partial charge in [-0.3, -0.25) is 4.79 Å². The summed E-state index contributed by atoms with van der Waals surface area (Å²) in [6.07, 6.45) is 0.731. The number of aryl methyl sites for hydroxylation is 2. The van der Waals surface area contributed by atoms with Gasteiger partial charge in [0, 0.05) is 22.9 Å². The van der Waals surface area contributed by atoms with E-state index in [1.807, 2.05) is 20.8 Å². The number of carbonyl (C=O) groups is 1. The number of nitriles is 1. The molecule has 0 saturated heterocycles. The molecule has 0 fully saturated rings. The highest BCUT2D eigenvalue weighted by atomic mass is 16.5. The first kappa shape index (κ1) is 15.8. The first-order chi connectivity index (χ1) is 10.4. The minimum Gasteiger partial charge on any atom is -0.382 e. The van der Waals surface area contributed by atoms with Crippen LogP contribution in [0, 0.1) is 25.2 Å². The van der Waals surface area contributed by atoms with Crippen molar-refractivity contribution in [3.63, 3.8) is 0 Å². The molecule has 0 aliphatic rings. The molecule has 1 unspecified atom stereocenters. The Morgan fingerprint density at radius 2 is 2.18 bits per heavy atom. The summed E-state index contributed by atoms with van der Waals surface area (Å²) < 4.78 is 5.17. The van der Waals surface area contributed by atoms with Crippen molar-refractivity contribution in [3.8, 4) is 6.07 Å². The highest BCUT2D eigenvalue weighted by molar-refractivity contribution is 5.99. The van der Waals surface area contributed by atoms with Gasteiger partial charge in [-0.05, 0) is 52.3 Å². The molecular formula is C17H19N3O2. The van der Waals surface area contributed by atoms with Crippen molar-refractivity contribution in [3.05, 3.63) is 46.3 Å². The van der Waals surface area contributed by atoms with Crippen molar-refractivity contribution >= 4 is 11.5 Å². The Labute approximate surface area is 129 Å². The van der Waals surface area contributed by atoms with E-state index in [4.69, 9.17) is 9.78 Å². The molecule has 5 nitrogen and oxygen atoms in total. The van der Waals surface area contributed by atoms with Gasteiger partial charge in [0.2, 0.25) is 0 Å². The molecule has 0 spiro atoms. The van der Waals surface area contributed by atoms with E-state index in [2.05, 4.69) is 16.5 Å². The van der Waals surface area contributed by atoms with E-state index in [1.54, 1.807) is 18.2 Å². The SMILES string of the molecule is CC(=O)c1ccc(C#N)cc1NC(C)Cc1c(C)noc1C. The fourth-order valence-corrected chi connectivity index (χ4v) is 2.46. The summed E-state index contributed by atoms with van der Waals surface area (Å²) in [4.78, 5) is 11.7. The minimum absolute atomic E-state index is 0.0310. The van der Waals surface area contributed by atoms with Crippen LogP contribution in [-0.2, 0) is 6.42 Å². The summed E-state index contributed by atoms with van der Waals surface area (Å²) >= 11 is 0. The molecule has 1 aromatic heterocycles.